The maximum atomic E-state index is 13.3. The molecule has 90 valence electrons. The summed E-state index contributed by atoms with van der Waals surface area (Å²) in [6.07, 6.45) is 1.12. The van der Waals surface area contributed by atoms with E-state index in [1.807, 2.05) is 0 Å². The van der Waals surface area contributed by atoms with Crippen molar-refractivity contribution in [3.8, 4) is 0 Å². The molecular weight excluding hydrogens is 217 g/mol. The molecule has 0 bridgehead atoms. The number of fused-ring (bicyclic) bond motifs is 1. The summed E-state index contributed by atoms with van der Waals surface area (Å²) in [6, 6.07) is 4.83. The number of hydrogen-bond donors (Lipinski definition) is 1. The summed E-state index contributed by atoms with van der Waals surface area (Å²) in [5.41, 5.74) is 1.81. The zero-order valence-electron chi connectivity index (χ0n) is 9.91. The Morgan fingerprint density at radius 2 is 2.41 bits per heavy atom. The number of imidazole rings is 1. The number of nitrogens with one attached hydrogen (secondary N) is 1. The van der Waals surface area contributed by atoms with Crippen LogP contribution in [0.3, 0.4) is 0 Å². The number of halogens is 1. The standard InChI is InChI=1S/C13H16FN3/c1-2-17-12-7-10(14)3-4-11(12)16-13(17)9-5-6-15-8-9/h3-4,7,9,15H,2,5-6,8H2,1H3. The van der Waals surface area contributed by atoms with Gasteiger partial charge >= 0.3 is 0 Å². The molecule has 0 amide bonds. The van der Waals surface area contributed by atoms with E-state index in [1.165, 1.54) is 6.07 Å². The van der Waals surface area contributed by atoms with Gasteiger partial charge in [0.2, 0.25) is 0 Å². The molecule has 1 atom stereocenters. The second kappa shape index (κ2) is 4.11. The van der Waals surface area contributed by atoms with Crippen molar-refractivity contribution in [2.75, 3.05) is 13.1 Å². The smallest absolute Gasteiger partial charge is 0.125 e. The minimum absolute atomic E-state index is 0.191. The fourth-order valence-corrected chi connectivity index (χ4v) is 2.63. The first-order valence-electron chi connectivity index (χ1n) is 6.16. The highest BCUT2D eigenvalue weighted by Crippen LogP contribution is 2.26. The van der Waals surface area contributed by atoms with Gasteiger partial charge in [0.15, 0.2) is 0 Å². The van der Waals surface area contributed by atoms with Crippen LogP contribution in [0.15, 0.2) is 18.2 Å². The van der Waals surface area contributed by atoms with Crippen LogP contribution in [0.5, 0.6) is 0 Å². The van der Waals surface area contributed by atoms with Crippen LogP contribution in [-0.2, 0) is 6.54 Å². The summed E-state index contributed by atoms with van der Waals surface area (Å²) in [5, 5.41) is 3.35. The van der Waals surface area contributed by atoms with Gasteiger partial charge in [-0.05, 0) is 38.1 Å². The van der Waals surface area contributed by atoms with Crippen LogP contribution in [0.1, 0.15) is 25.1 Å². The fourth-order valence-electron chi connectivity index (χ4n) is 2.63. The van der Waals surface area contributed by atoms with Crippen molar-refractivity contribution in [1.82, 2.24) is 14.9 Å². The largest absolute Gasteiger partial charge is 0.328 e. The predicted molar refractivity (Wildman–Crippen MR) is 65.6 cm³/mol. The molecule has 2 heterocycles. The van der Waals surface area contributed by atoms with E-state index < -0.39 is 0 Å². The summed E-state index contributed by atoms with van der Waals surface area (Å²) < 4.78 is 15.4. The highest BCUT2D eigenvalue weighted by atomic mass is 19.1. The van der Waals surface area contributed by atoms with Crippen LogP contribution in [0, 0.1) is 5.82 Å². The van der Waals surface area contributed by atoms with Gasteiger partial charge < -0.3 is 9.88 Å². The van der Waals surface area contributed by atoms with Crippen LogP contribution in [0.4, 0.5) is 4.39 Å². The van der Waals surface area contributed by atoms with E-state index in [0.29, 0.717) is 5.92 Å². The second-order valence-corrected chi connectivity index (χ2v) is 4.54. The molecule has 0 radical (unpaired) electrons. The molecule has 1 unspecified atom stereocenters. The fraction of sp³-hybridized carbons (Fsp3) is 0.462. The monoisotopic (exact) mass is 233 g/mol. The number of aromatic nitrogens is 2. The molecule has 1 aliphatic rings. The Hall–Kier alpha value is -1.42. The van der Waals surface area contributed by atoms with Crippen LogP contribution in [0.2, 0.25) is 0 Å². The van der Waals surface area contributed by atoms with Crippen LogP contribution in [-0.4, -0.2) is 22.6 Å². The number of hydrogen-bond acceptors (Lipinski definition) is 2. The van der Waals surface area contributed by atoms with Gasteiger partial charge in [0.05, 0.1) is 11.0 Å². The third-order valence-corrected chi connectivity index (χ3v) is 3.48. The van der Waals surface area contributed by atoms with Crippen molar-refractivity contribution in [1.29, 1.82) is 0 Å². The summed E-state index contributed by atoms with van der Waals surface area (Å²) in [6.45, 7) is 4.95. The molecule has 0 saturated carbocycles. The molecular formula is C13H16FN3. The molecule has 1 aliphatic heterocycles. The van der Waals surface area contributed by atoms with E-state index >= 15 is 0 Å². The van der Waals surface area contributed by atoms with Crippen molar-refractivity contribution in [2.24, 2.45) is 0 Å². The van der Waals surface area contributed by atoms with Gasteiger partial charge in [0.1, 0.15) is 11.6 Å². The Morgan fingerprint density at radius 1 is 1.53 bits per heavy atom. The molecule has 1 aromatic carbocycles. The van der Waals surface area contributed by atoms with Gasteiger partial charge in [0.25, 0.3) is 0 Å². The molecule has 3 nitrogen and oxygen atoms in total. The average molecular weight is 233 g/mol. The lowest BCUT2D eigenvalue weighted by Crippen LogP contribution is -2.12. The molecule has 4 heteroatoms. The maximum Gasteiger partial charge on any atom is 0.125 e. The quantitative estimate of drug-likeness (QED) is 0.862. The Balaban J connectivity index is 2.17. The second-order valence-electron chi connectivity index (χ2n) is 4.54. The first kappa shape index (κ1) is 10.7. The molecule has 2 aromatic rings. The van der Waals surface area contributed by atoms with Crippen molar-refractivity contribution in [2.45, 2.75) is 25.8 Å². The Morgan fingerprint density at radius 3 is 3.12 bits per heavy atom. The van der Waals surface area contributed by atoms with E-state index in [9.17, 15) is 4.39 Å². The summed E-state index contributed by atoms with van der Waals surface area (Å²) >= 11 is 0. The first-order valence-corrected chi connectivity index (χ1v) is 6.16. The summed E-state index contributed by atoms with van der Waals surface area (Å²) in [5.74, 6) is 1.37. The Kier molecular flexibility index (Phi) is 2.59. The average Bonchev–Trinajstić information content (AvgIpc) is 2.94. The zero-order chi connectivity index (χ0) is 11.8. The number of benzene rings is 1. The van der Waals surface area contributed by atoms with E-state index in [1.54, 1.807) is 12.1 Å². The molecule has 1 aromatic heterocycles. The number of aryl methyl sites for hydroxylation is 1. The molecule has 1 fully saturated rings. The van der Waals surface area contributed by atoms with E-state index in [2.05, 4.69) is 21.8 Å². The molecule has 3 rings (SSSR count). The van der Waals surface area contributed by atoms with Crippen LogP contribution in [0.25, 0.3) is 11.0 Å². The topological polar surface area (TPSA) is 29.9 Å². The summed E-state index contributed by atoms with van der Waals surface area (Å²) in [7, 11) is 0. The Labute approximate surface area is 99.7 Å². The lowest BCUT2D eigenvalue weighted by molar-refractivity contribution is 0.620. The van der Waals surface area contributed by atoms with Crippen molar-refractivity contribution in [3.63, 3.8) is 0 Å². The third-order valence-electron chi connectivity index (χ3n) is 3.48. The van der Waals surface area contributed by atoms with Gasteiger partial charge in [-0.15, -0.1) is 0 Å². The van der Waals surface area contributed by atoms with Gasteiger partial charge in [-0.2, -0.15) is 0 Å². The predicted octanol–water partition coefficient (Wildman–Crippen LogP) is 2.27. The highest BCUT2D eigenvalue weighted by molar-refractivity contribution is 5.76. The SMILES string of the molecule is CCn1c(C2CCNC2)nc2ccc(F)cc21. The normalized spacial score (nSPS) is 20.2. The van der Waals surface area contributed by atoms with Gasteiger partial charge in [-0.1, -0.05) is 0 Å². The summed E-state index contributed by atoms with van der Waals surface area (Å²) in [4.78, 5) is 4.66. The number of rotatable bonds is 2. The maximum absolute atomic E-state index is 13.3. The van der Waals surface area contributed by atoms with Crippen molar-refractivity contribution in [3.05, 3.63) is 29.8 Å². The van der Waals surface area contributed by atoms with Crippen molar-refractivity contribution < 1.29 is 4.39 Å². The zero-order valence-corrected chi connectivity index (χ0v) is 9.91. The Bertz CT molecular complexity index is 541. The molecule has 1 N–H and O–H groups in total. The van der Waals surface area contributed by atoms with Crippen molar-refractivity contribution >= 4 is 11.0 Å². The van der Waals surface area contributed by atoms with E-state index in [0.717, 1.165) is 42.9 Å². The van der Waals surface area contributed by atoms with Gasteiger partial charge in [-0.25, -0.2) is 9.37 Å². The van der Waals surface area contributed by atoms with Gasteiger partial charge in [0, 0.05) is 19.0 Å². The molecule has 0 spiro atoms. The highest BCUT2D eigenvalue weighted by Gasteiger charge is 2.22. The van der Waals surface area contributed by atoms with E-state index in [-0.39, 0.29) is 5.82 Å². The number of nitrogens with zero attached hydrogens (tertiary/aromatic N) is 2. The third kappa shape index (κ3) is 1.72. The van der Waals surface area contributed by atoms with E-state index in [4.69, 9.17) is 0 Å². The first-order chi connectivity index (χ1) is 8.29. The molecule has 17 heavy (non-hydrogen) atoms. The van der Waals surface area contributed by atoms with Gasteiger partial charge in [-0.3, -0.25) is 0 Å². The minimum atomic E-state index is -0.191. The van der Waals surface area contributed by atoms with Crippen LogP contribution < -0.4 is 5.32 Å². The lowest BCUT2D eigenvalue weighted by Gasteiger charge is -2.10. The van der Waals surface area contributed by atoms with Crippen LogP contribution >= 0.6 is 0 Å². The molecule has 1 saturated heterocycles. The molecule has 0 aliphatic carbocycles. The minimum Gasteiger partial charge on any atom is -0.328 e. The lowest BCUT2D eigenvalue weighted by atomic mass is 10.1.